The van der Waals surface area contributed by atoms with E-state index in [1.165, 1.54) is 11.3 Å². The average molecular weight is 253 g/mol. The van der Waals surface area contributed by atoms with E-state index in [2.05, 4.69) is 17.2 Å². The summed E-state index contributed by atoms with van der Waals surface area (Å²) in [6.45, 7) is 2.81. The number of aliphatic hydroxyl groups is 1. The smallest absolute Gasteiger partial charge is 0.135 e. The summed E-state index contributed by atoms with van der Waals surface area (Å²) in [5.74, 6) is 0.701. The van der Waals surface area contributed by atoms with Crippen LogP contribution in [-0.2, 0) is 6.54 Å². The highest BCUT2D eigenvalue weighted by Gasteiger charge is 2.21. The first-order valence-electron chi connectivity index (χ1n) is 5.45. The van der Waals surface area contributed by atoms with Crippen molar-refractivity contribution in [1.29, 1.82) is 0 Å². The summed E-state index contributed by atoms with van der Waals surface area (Å²) in [4.78, 5) is 0.784. The molecule has 2 aromatic rings. The number of nitrogens with zero attached hydrogens (tertiary/aromatic N) is 3. The van der Waals surface area contributed by atoms with Crippen LogP contribution >= 0.6 is 11.3 Å². The third-order valence-corrected chi connectivity index (χ3v) is 3.44. The summed E-state index contributed by atoms with van der Waals surface area (Å²) in [6.07, 6.45) is 1.82. The van der Waals surface area contributed by atoms with Gasteiger partial charge in [-0.15, -0.1) is 16.4 Å². The van der Waals surface area contributed by atoms with Crippen LogP contribution in [0.15, 0.2) is 17.6 Å². The molecule has 0 radical (unpaired) electrons. The van der Waals surface area contributed by atoms with Crippen molar-refractivity contribution < 1.29 is 9.84 Å². The molecule has 2 rings (SSSR count). The van der Waals surface area contributed by atoms with Gasteiger partial charge in [0.1, 0.15) is 11.9 Å². The highest BCUT2D eigenvalue weighted by molar-refractivity contribution is 7.10. The third kappa shape index (κ3) is 2.32. The Hall–Kier alpha value is -1.40. The molecule has 0 amide bonds. The van der Waals surface area contributed by atoms with E-state index >= 15 is 0 Å². The molecule has 1 atom stereocenters. The second-order valence-corrected chi connectivity index (χ2v) is 4.59. The normalized spacial score (nSPS) is 12.6. The second kappa shape index (κ2) is 5.29. The molecule has 0 aromatic carbocycles. The Morgan fingerprint density at radius 1 is 1.59 bits per heavy atom. The number of aryl methyl sites for hydroxylation is 1. The van der Waals surface area contributed by atoms with Crippen molar-refractivity contribution in [2.45, 2.75) is 26.0 Å². The lowest BCUT2D eigenvalue weighted by Gasteiger charge is -2.11. The Kier molecular flexibility index (Phi) is 3.75. The molecule has 1 N–H and O–H groups in total. The van der Waals surface area contributed by atoms with Gasteiger partial charge in [0.2, 0.25) is 0 Å². The van der Waals surface area contributed by atoms with Crippen molar-refractivity contribution in [1.82, 2.24) is 15.0 Å². The van der Waals surface area contributed by atoms with E-state index in [9.17, 15) is 5.11 Å². The molecule has 2 aromatic heterocycles. The van der Waals surface area contributed by atoms with E-state index in [0.29, 0.717) is 11.4 Å². The number of hydrogen-bond donors (Lipinski definition) is 1. The van der Waals surface area contributed by atoms with Gasteiger partial charge in [-0.1, -0.05) is 12.1 Å². The molecule has 0 saturated heterocycles. The fourth-order valence-corrected chi connectivity index (χ4v) is 2.53. The first-order valence-corrected chi connectivity index (χ1v) is 6.33. The summed E-state index contributed by atoms with van der Waals surface area (Å²) in [7, 11) is 1.60. The Labute approximate surface area is 104 Å². The Morgan fingerprint density at radius 2 is 2.41 bits per heavy atom. The maximum Gasteiger partial charge on any atom is 0.135 e. The number of thiophene rings is 1. The van der Waals surface area contributed by atoms with E-state index in [0.717, 1.165) is 17.8 Å². The molecule has 0 saturated carbocycles. The zero-order chi connectivity index (χ0) is 12.3. The van der Waals surface area contributed by atoms with Gasteiger partial charge in [-0.05, 0) is 17.9 Å². The van der Waals surface area contributed by atoms with Crippen LogP contribution in [0.2, 0.25) is 0 Å². The first kappa shape index (κ1) is 12.1. The Bertz CT molecular complexity index is 481. The summed E-state index contributed by atoms with van der Waals surface area (Å²) < 4.78 is 6.93. The number of rotatable bonds is 5. The van der Waals surface area contributed by atoms with Crippen molar-refractivity contribution in [3.05, 3.63) is 28.2 Å². The molecule has 0 aliphatic heterocycles. The first-order chi connectivity index (χ1) is 8.27. The number of hydrogen-bond acceptors (Lipinski definition) is 5. The summed E-state index contributed by atoms with van der Waals surface area (Å²) in [5, 5.41) is 20.0. The van der Waals surface area contributed by atoms with E-state index in [-0.39, 0.29) is 0 Å². The second-order valence-electron chi connectivity index (χ2n) is 3.64. The number of aliphatic hydroxyl groups excluding tert-OH is 1. The molecule has 0 fully saturated rings. The standard InChI is InChI=1S/C11H15N3O2S/c1-3-5-14-8(7-12-13-14)10(15)11-9(16-2)4-6-17-11/h4,6-7,10,15H,3,5H2,1-2H3. The lowest BCUT2D eigenvalue weighted by atomic mass is 10.2. The highest BCUT2D eigenvalue weighted by Crippen LogP contribution is 2.34. The van der Waals surface area contributed by atoms with Gasteiger partial charge in [0.15, 0.2) is 0 Å². The molecule has 2 heterocycles. The van der Waals surface area contributed by atoms with Gasteiger partial charge in [-0.25, -0.2) is 4.68 Å². The molecule has 92 valence electrons. The van der Waals surface area contributed by atoms with Gasteiger partial charge in [0, 0.05) is 6.54 Å². The minimum absolute atomic E-state index is 0.701. The molecular formula is C11H15N3O2S. The molecule has 0 bridgehead atoms. The predicted molar refractivity (Wildman–Crippen MR) is 65.2 cm³/mol. The largest absolute Gasteiger partial charge is 0.495 e. The van der Waals surface area contributed by atoms with Crippen LogP contribution in [0.25, 0.3) is 0 Å². The van der Waals surface area contributed by atoms with Gasteiger partial charge >= 0.3 is 0 Å². The molecule has 0 aliphatic rings. The minimum Gasteiger partial charge on any atom is -0.495 e. The summed E-state index contributed by atoms with van der Waals surface area (Å²) in [5.41, 5.74) is 0.701. The van der Waals surface area contributed by atoms with Crippen molar-refractivity contribution in [3.63, 3.8) is 0 Å². The molecule has 6 heteroatoms. The molecule has 0 aliphatic carbocycles. The lowest BCUT2D eigenvalue weighted by Crippen LogP contribution is -2.09. The molecule has 5 nitrogen and oxygen atoms in total. The maximum absolute atomic E-state index is 10.3. The van der Waals surface area contributed by atoms with Gasteiger partial charge < -0.3 is 9.84 Å². The topological polar surface area (TPSA) is 60.2 Å². The molecular weight excluding hydrogens is 238 g/mol. The Morgan fingerprint density at radius 3 is 3.12 bits per heavy atom. The fourth-order valence-electron chi connectivity index (χ4n) is 1.67. The van der Waals surface area contributed by atoms with Gasteiger partial charge in [0.05, 0.1) is 23.9 Å². The zero-order valence-corrected chi connectivity index (χ0v) is 10.6. The predicted octanol–water partition coefficient (Wildman–Crippen LogP) is 1.84. The zero-order valence-electron chi connectivity index (χ0n) is 9.83. The summed E-state index contributed by atoms with van der Waals surface area (Å²) in [6, 6.07) is 1.84. The minimum atomic E-state index is -0.730. The van der Waals surface area contributed by atoms with Gasteiger partial charge in [-0.3, -0.25) is 0 Å². The van der Waals surface area contributed by atoms with E-state index < -0.39 is 6.10 Å². The highest BCUT2D eigenvalue weighted by atomic mass is 32.1. The van der Waals surface area contributed by atoms with E-state index in [1.54, 1.807) is 18.0 Å². The number of aromatic nitrogens is 3. The quantitative estimate of drug-likeness (QED) is 0.883. The van der Waals surface area contributed by atoms with Crippen LogP contribution in [0.5, 0.6) is 5.75 Å². The van der Waals surface area contributed by atoms with Crippen LogP contribution in [0.3, 0.4) is 0 Å². The van der Waals surface area contributed by atoms with Gasteiger partial charge in [0.25, 0.3) is 0 Å². The average Bonchev–Trinajstić information content (AvgIpc) is 2.96. The molecule has 1 unspecified atom stereocenters. The van der Waals surface area contributed by atoms with Crippen molar-refractivity contribution >= 4 is 11.3 Å². The van der Waals surface area contributed by atoms with Crippen LogP contribution < -0.4 is 4.74 Å². The number of methoxy groups -OCH3 is 1. The summed E-state index contributed by atoms with van der Waals surface area (Å²) >= 11 is 1.46. The van der Waals surface area contributed by atoms with Crippen molar-refractivity contribution in [3.8, 4) is 5.75 Å². The van der Waals surface area contributed by atoms with Crippen LogP contribution in [-0.4, -0.2) is 27.2 Å². The third-order valence-electron chi connectivity index (χ3n) is 2.49. The fraction of sp³-hybridized carbons (Fsp3) is 0.455. The van der Waals surface area contributed by atoms with Crippen molar-refractivity contribution in [2.24, 2.45) is 0 Å². The monoisotopic (exact) mass is 253 g/mol. The van der Waals surface area contributed by atoms with Crippen LogP contribution in [0.4, 0.5) is 0 Å². The van der Waals surface area contributed by atoms with Crippen LogP contribution in [0.1, 0.15) is 30.0 Å². The van der Waals surface area contributed by atoms with E-state index in [1.807, 2.05) is 11.4 Å². The van der Waals surface area contributed by atoms with Crippen LogP contribution in [0, 0.1) is 0 Å². The van der Waals surface area contributed by atoms with Crippen molar-refractivity contribution in [2.75, 3.05) is 7.11 Å². The van der Waals surface area contributed by atoms with E-state index in [4.69, 9.17) is 4.74 Å². The Balaban J connectivity index is 2.30. The van der Waals surface area contributed by atoms with Gasteiger partial charge in [-0.2, -0.15) is 0 Å². The lowest BCUT2D eigenvalue weighted by molar-refractivity contribution is 0.206. The number of ether oxygens (including phenoxy) is 1. The SMILES string of the molecule is CCCn1nncc1C(O)c1sccc1OC. The maximum atomic E-state index is 10.3. The molecule has 0 spiro atoms. The molecule has 17 heavy (non-hydrogen) atoms.